The molecule has 0 radical (unpaired) electrons. The van der Waals surface area contributed by atoms with E-state index in [0.29, 0.717) is 6.04 Å². The van der Waals surface area contributed by atoms with Crippen molar-refractivity contribution in [3.63, 3.8) is 0 Å². The summed E-state index contributed by atoms with van der Waals surface area (Å²) in [5, 5.41) is 6.32. The third-order valence-electron chi connectivity index (χ3n) is 3.84. The third kappa shape index (κ3) is 2.20. The lowest BCUT2D eigenvalue weighted by atomic mass is 9.89. The van der Waals surface area contributed by atoms with E-state index in [1.165, 1.54) is 29.2 Å². The summed E-state index contributed by atoms with van der Waals surface area (Å²) in [6.45, 7) is 3.51. The first-order valence-electron chi connectivity index (χ1n) is 6.55. The van der Waals surface area contributed by atoms with Crippen LogP contribution in [0.5, 0.6) is 0 Å². The summed E-state index contributed by atoms with van der Waals surface area (Å²) in [6.07, 6.45) is 2.57. The van der Waals surface area contributed by atoms with E-state index in [2.05, 4.69) is 54.7 Å². The smallest absolute Gasteiger partial charge is 0.0323 e. The van der Waals surface area contributed by atoms with Crippen LogP contribution in [0.3, 0.4) is 0 Å². The van der Waals surface area contributed by atoms with Gasteiger partial charge in [-0.05, 0) is 47.7 Å². The summed E-state index contributed by atoms with van der Waals surface area (Å²) in [6, 6.07) is 16.0. The van der Waals surface area contributed by atoms with Crippen LogP contribution in [-0.2, 0) is 0 Å². The second-order valence-corrected chi connectivity index (χ2v) is 5.24. The molecule has 3 rings (SSSR count). The van der Waals surface area contributed by atoms with E-state index in [-0.39, 0.29) is 0 Å². The fourth-order valence-electron chi connectivity index (χ4n) is 2.79. The minimum atomic E-state index is 0.545. The standard InChI is InChI=1S/C16H19N/c1-12-8-9-17-16(10-12)15-7-6-13-4-2-3-5-14(13)11-15/h2-7,11-12,16-17H,8-10H2,1H3. The first-order valence-corrected chi connectivity index (χ1v) is 6.55. The van der Waals surface area contributed by atoms with Gasteiger partial charge in [-0.25, -0.2) is 0 Å². The van der Waals surface area contributed by atoms with Gasteiger partial charge in [0, 0.05) is 6.04 Å². The molecule has 1 heteroatoms. The predicted molar refractivity (Wildman–Crippen MR) is 73.1 cm³/mol. The van der Waals surface area contributed by atoms with Crippen LogP contribution in [0, 0.1) is 5.92 Å². The molecule has 17 heavy (non-hydrogen) atoms. The maximum Gasteiger partial charge on any atom is 0.0323 e. The normalized spacial score (nSPS) is 25.0. The molecular formula is C16H19N. The van der Waals surface area contributed by atoms with Crippen LogP contribution in [0.4, 0.5) is 0 Å². The fraction of sp³-hybridized carbons (Fsp3) is 0.375. The van der Waals surface area contributed by atoms with Gasteiger partial charge < -0.3 is 5.32 Å². The number of rotatable bonds is 1. The Kier molecular flexibility index (Phi) is 2.86. The Hall–Kier alpha value is -1.34. The molecule has 1 aliphatic rings. The number of nitrogens with one attached hydrogen (secondary N) is 1. The number of piperidine rings is 1. The number of benzene rings is 2. The van der Waals surface area contributed by atoms with Crippen LogP contribution in [0.25, 0.3) is 10.8 Å². The van der Waals surface area contributed by atoms with Gasteiger partial charge in [0.05, 0.1) is 0 Å². The molecule has 1 saturated heterocycles. The zero-order valence-corrected chi connectivity index (χ0v) is 10.3. The maximum absolute atomic E-state index is 3.63. The van der Waals surface area contributed by atoms with Crippen LogP contribution in [-0.4, -0.2) is 6.54 Å². The maximum atomic E-state index is 3.63. The Morgan fingerprint density at radius 1 is 1.06 bits per heavy atom. The van der Waals surface area contributed by atoms with E-state index in [0.717, 1.165) is 12.5 Å². The lowest BCUT2D eigenvalue weighted by Crippen LogP contribution is -2.30. The Bertz CT molecular complexity index is 518. The lowest BCUT2D eigenvalue weighted by molar-refractivity contribution is 0.325. The van der Waals surface area contributed by atoms with Gasteiger partial charge in [-0.2, -0.15) is 0 Å². The topological polar surface area (TPSA) is 12.0 Å². The van der Waals surface area contributed by atoms with Crippen molar-refractivity contribution in [2.45, 2.75) is 25.8 Å². The van der Waals surface area contributed by atoms with Gasteiger partial charge in [0.1, 0.15) is 0 Å². The van der Waals surface area contributed by atoms with Gasteiger partial charge in [0.2, 0.25) is 0 Å². The second-order valence-electron chi connectivity index (χ2n) is 5.24. The molecule has 0 saturated carbocycles. The molecular weight excluding hydrogens is 206 g/mol. The number of hydrogen-bond acceptors (Lipinski definition) is 1. The van der Waals surface area contributed by atoms with Crippen molar-refractivity contribution in [3.05, 3.63) is 48.0 Å². The highest BCUT2D eigenvalue weighted by Crippen LogP contribution is 2.28. The molecule has 0 amide bonds. The van der Waals surface area contributed by atoms with E-state index >= 15 is 0 Å². The zero-order chi connectivity index (χ0) is 11.7. The zero-order valence-electron chi connectivity index (χ0n) is 10.3. The van der Waals surface area contributed by atoms with Crippen LogP contribution in [0.15, 0.2) is 42.5 Å². The first-order chi connectivity index (χ1) is 8.33. The average Bonchev–Trinajstić information content (AvgIpc) is 2.38. The number of hydrogen-bond donors (Lipinski definition) is 1. The third-order valence-corrected chi connectivity index (χ3v) is 3.84. The van der Waals surface area contributed by atoms with Gasteiger partial charge in [0.15, 0.2) is 0 Å². The van der Waals surface area contributed by atoms with Crippen molar-refractivity contribution in [1.29, 1.82) is 0 Å². The Morgan fingerprint density at radius 2 is 1.88 bits per heavy atom. The van der Waals surface area contributed by atoms with E-state index < -0.39 is 0 Å². The molecule has 0 aliphatic carbocycles. The summed E-state index contributed by atoms with van der Waals surface area (Å²) >= 11 is 0. The Morgan fingerprint density at radius 3 is 2.71 bits per heavy atom. The van der Waals surface area contributed by atoms with Gasteiger partial charge in [0.25, 0.3) is 0 Å². The summed E-state index contributed by atoms with van der Waals surface area (Å²) in [4.78, 5) is 0. The van der Waals surface area contributed by atoms with E-state index in [1.807, 2.05) is 0 Å². The largest absolute Gasteiger partial charge is 0.310 e. The Labute approximate surface area is 103 Å². The Balaban J connectivity index is 1.94. The number of fused-ring (bicyclic) bond motifs is 1. The molecule has 2 atom stereocenters. The van der Waals surface area contributed by atoms with Gasteiger partial charge >= 0.3 is 0 Å². The van der Waals surface area contributed by atoms with Crippen LogP contribution >= 0.6 is 0 Å². The summed E-state index contributed by atoms with van der Waals surface area (Å²) in [7, 11) is 0. The molecule has 2 aromatic carbocycles. The van der Waals surface area contributed by atoms with E-state index in [4.69, 9.17) is 0 Å². The molecule has 88 valence electrons. The van der Waals surface area contributed by atoms with Crippen molar-refractivity contribution in [2.24, 2.45) is 5.92 Å². The summed E-state index contributed by atoms with van der Waals surface area (Å²) < 4.78 is 0. The SMILES string of the molecule is CC1CCNC(c2ccc3ccccc3c2)C1. The van der Waals surface area contributed by atoms with Crippen LogP contribution in [0.1, 0.15) is 31.4 Å². The molecule has 1 nitrogen and oxygen atoms in total. The van der Waals surface area contributed by atoms with Crippen molar-refractivity contribution >= 4 is 10.8 Å². The van der Waals surface area contributed by atoms with Crippen LogP contribution < -0.4 is 5.32 Å². The van der Waals surface area contributed by atoms with E-state index in [1.54, 1.807) is 0 Å². The van der Waals surface area contributed by atoms with Crippen molar-refractivity contribution in [1.82, 2.24) is 5.32 Å². The molecule has 2 aromatic rings. The molecule has 1 aliphatic heterocycles. The summed E-state index contributed by atoms with van der Waals surface area (Å²) in [5.74, 6) is 0.840. The fourth-order valence-corrected chi connectivity index (χ4v) is 2.79. The minimum Gasteiger partial charge on any atom is -0.310 e. The second kappa shape index (κ2) is 4.50. The molecule has 0 bridgehead atoms. The molecule has 0 aromatic heterocycles. The average molecular weight is 225 g/mol. The van der Waals surface area contributed by atoms with Crippen LogP contribution in [0.2, 0.25) is 0 Å². The highest BCUT2D eigenvalue weighted by atomic mass is 14.9. The van der Waals surface area contributed by atoms with Crippen molar-refractivity contribution in [3.8, 4) is 0 Å². The van der Waals surface area contributed by atoms with Gasteiger partial charge in [-0.15, -0.1) is 0 Å². The molecule has 2 unspecified atom stereocenters. The minimum absolute atomic E-state index is 0.545. The van der Waals surface area contributed by atoms with E-state index in [9.17, 15) is 0 Å². The highest BCUT2D eigenvalue weighted by molar-refractivity contribution is 5.83. The van der Waals surface area contributed by atoms with Gasteiger partial charge in [-0.3, -0.25) is 0 Å². The molecule has 1 heterocycles. The van der Waals surface area contributed by atoms with Crippen molar-refractivity contribution < 1.29 is 0 Å². The molecule has 0 spiro atoms. The summed E-state index contributed by atoms with van der Waals surface area (Å²) in [5.41, 5.74) is 1.44. The highest BCUT2D eigenvalue weighted by Gasteiger charge is 2.19. The van der Waals surface area contributed by atoms with Crippen molar-refractivity contribution in [2.75, 3.05) is 6.54 Å². The molecule has 1 N–H and O–H groups in total. The van der Waals surface area contributed by atoms with Gasteiger partial charge in [-0.1, -0.05) is 43.3 Å². The first kappa shape index (κ1) is 10.8. The lowest BCUT2D eigenvalue weighted by Gasteiger charge is -2.28. The quantitative estimate of drug-likeness (QED) is 0.776. The monoisotopic (exact) mass is 225 g/mol. The molecule has 1 fully saturated rings. The predicted octanol–water partition coefficient (Wildman–Crippen LogP) is 3.90.